The van der Waals surface area contributed by atoms with E-state index in [1.807, 2.05) is 0 Å². The fourth-order valence-corrected chi connectivity index (χ4v) is 2.60. The molecule has 1 aromatic heterocycles. The van der Waals surface area contributed by atoms with Gasteiger partial charge in [0, 0.05) is 6.20 Å². The molecule has 1 N–H and O–H groups in total. The molecular formula is C11H13N3O4S. The molecule has 0 aromatic carbocycles. The number of carbonyl (C=O) groups excluding carboxylic acids is 1. The molecule has 0 saturated carbocycles. The molecule has 0 aliphatic rings. The van der Waals surface area contributed by atoms with Crippen LogP contribution in [0.2, 0.25) is 0 Å². The van der Waals surface area contributed by atoms with Crippen molar-refractivity contribution in [1.82, 2.24) is 9.71 Å². The van der Waals surface area contributed by atoms with Crippen LogP contribution in [0.1, 0.15) is 19.5 Å². The van der Waals surface area contributed by atoms with Gasteiger partial charge in [0.1, 0.15) is 17.0 Å². The molecule has 1 unspecified atom stereocenters. The van der Waals surface area contributed by atoms with Crippen LogP contribution in [0.15, 0.2) is 23.2 Å². The Kier molecular flexibility index (Phi) is 4.97. The summed E-state index contributed by atoms with van der Waals surface area (Å²) in [6.45, 7) is 3.13. The quantitative estimate of drug-likeness (QED) is 0.772. The van der Waals surface area contributed by atoms with E-state index in [2.05, 4.69) is 9.71 Å². The Balaban J connectivity index is 3.00. The number of aromatic nitrogens is 1. The summed E-state index contributed by atoms with van der Waals surface area (Å²) in [5.74, 6) is -0.687. The lowest BCUT2D eigenvalue weighted by molar-refractivity contribution is -0.144. The van der Waals surface area contributed by atoms with Gasteiger partial charge in [-0.1, -0.05) is 0 Å². The van der Waals surface area contributed by atoms with E-state index in [-0.39, 0.29) is 17.2 Å². The molecule has 0 saturated heterocycles. The summed E-state index contributed by atoms with van der Waals surface area (Å²) in [6.07, 6.45) is 1.31. The van der Waals surface area contributed by atoms with Gasteiger partial charge >= 0.3 is 5.97 Å². The van der Waals surface area contributed by atoms with E-state index in [1.165, 1.54) is 25.3 Å². The molecular weight excluding hydrogens is 270 g/mol. The Morgan fingerprint density at radius 1 is 1.63 bits per heavy atom. The number of ether oxygens (including phenoxy) is 1. The second-order valence-corrected chi connectivity index (χ2v) is 5.24. The number of carbonyl (C=O) groups is 1. The second kappa shape index (κ2) is 6.26. The van der Waals surface area contributed by atoms with Crippen LogP contribution in [0, 0.1) is 11.3 Å². The predicted octanol–water partition coefficient (Wildman–Crippen LogP) is 0.183. The first-order valence-corrected chi connectivity index (χ1v) is 6.94. The first-order valence-electron chi connectivity index (χ1n) is 5.46. The van der Waals surface area contributed by atoms with Crippen molar-refractivity contribution < 1.29 is 17.9 Å². The first kappa shape index (κ1) is 15.1. The molecule has 1 rings (SSSR count). The Morgan fingerprint density at radius 3 is 2.89 bits per heavy atom. The second-order valence-electron chi connectivity index (χ2n) is 3.56. The highest BCUT2D eigenvalue weighted by molar-refractivity contribution is 7.89. The van der Waals surface area contributed by atoms with Crippen molar-refractivity contribution in [3.05, 3.63) is 24.0 Å². The maximum absolute atomic E-state index is 12.0. The fraction of sp³-hybridized carbons (Fsp3) is 0.364. The van der Waals surface area contributed by atoms with Gasteiger partial charge in [-0.2, -0.15) is 9.98 Å². The lowest BCUT2D eigenvalue weighted by atomic mass is 10.4. The molecule has 8 heteroatoms. The minimum Gasteiger partial charge on any atom is -0.465 e. The van der Waals surface area contributed by atoms with Crippen LogP contribution in [-0.4, -0.2) is 32.0 Å². The summed E-state index contributed by atoms with van der Waals surface area (Å²) in [4.78, 5) is 14.8. The van der Waals surface area contributed by atoms with Crippen molar-refractivity contribution in [2.75, 3.05) is 6.61 Å². The van der Waals surface area contributed by atoms with Gasteiger partial charge < -0.3 is 4.74 Å². The van der Waals surface area contributed by atoms with Crippen LogP contribution in [-0.2, 0) is 19.6 Å². The zero-order valence-electron chi connectivity index (χ0n) is 10.5. The zero-order chi connectivity index (χ0) is 14.5. The Bertz CT molecular complexity index is 607. The van der Waals surface area contributed by atoms with Gasteiger partial charge in [-0.15, -0.1) is 0 Å². The minimum absolute atomic E-state index is 0.154. The molecule has 0 fully saturated rings. The maximum atomic E-state index is 12.0. The number of sulfonamides is 1. The molecule has 1 atom stereocenters. The van der Waals surface area contributed by atoms with Crippen LogP contribution in [0.4, 0.5) is 0 Å². The third-order valence-electron chi connectivity index (χ3n) is 2.14. The SMILES string of the molecule is CCOC(=O)C(C)NS(=O)(=O)c1cccnc1C#N. The molecule has 19 heavy (non-hydrogen) atoms. The van der Waals surface area contributed by atoms with Gasteiger partial charge in [0.05, 0.1) is 6.61 Å². The van der Waals surface area contributed by atoms with Gasteiger partial charge in [0.15, 0.2) is 5.69 Å². The van der Waals surface area contributed by atoms with Gasteiger partial charge in [0.2, 0.25) is 10.0 Å². The van der Waals surface area contributed by atoms with Gasteiger partial charge in [-0.25, -0.2) is 13.4 Å². The van der Waals surface area contributed by atoms with Crippen LogP contribution in [0.5, 0.6) is 0 Å². The Labute approximate surface area is 111 Å². The van der Waals surface area contributed by atoms with Crippen molar-refractivity contribution in [1.29, 1.82) is 5.26 Å². The van der Waals surface area contributed by atoms with E-state index in [0.29, 0.717) is 0 Å². The first-order chi connectivity index (χ1) is 8.92. The van der Waals surface area contributed by atoms with Crippen molar-refractivity contribution in [2.24, 2.45) is 0 Å². The van der Waals surface area contributed by atoms with E-state index in [0.717, 1.165) is 0 Å². The average Bonchev–Trinajstić information content (AvgIpc) is 2.38. The molecule has 7 nitrogen and oxygen atoms in total. The number of nitriles is 1. The van der Waals surface area contributed by atoms with E-state index in [9.17, 15) is 13.2 Å². The van der Waals surface area contributed by atoms with Crippen LogP contribution >= 0.6 is 0 Å². The van der Waals surface area contributed by atoms with Crippen LogP contribution in [0.3, 0.4) is 0 Å². The van der Waals surface area contributed by atoms with Crippen LogP contribution in [0.25, 0.3) is 0 Å². The van der Waals surface area contributed by atoms with E-state index >= 15 is 0 Å². The number of rotatable bonds is 5. The highest BCUT2D eigenvalue weighted by Gasteiger charge is 2.25. The average molecular weight is 283 g/mol. The van der Waals surface area contributed by atoms with Crippen molar-refractivity contribution in [3.63, 3.8) is 0 Å². The van der Waals surface area contributed by atoms with E-state index < -0.39 is 22.0 Å². The summed E-state index contributed by atoms with van der Waals surface area (Å²) in [5, 5.41) is 8.81. The largest absolute Gasteiger partial charge is 0.465 e. The number of nitrogens with zero attached hydrogens (tertiary/aromatic N) is 2. The summed E-state index contributed by atoms with van der Waals surface area (Å²) in [5.41, 5.74) is -0.231. The normalized spacial score (nSPS) is 12.5. The highest BCUT2D eigenvalue weighted by atomic mass is 32.2. The predicted molar refractivity (Wildman–Crippen MR) is 65.4 cm³/mol. The van der Waals surface area contributed by atoms with E-state index in [4.69, 9.17) is 10.00 Å². The van der Waals surface area contributed by atoms with Gasteiger partial charge in [-0.05, 0) is 26.0 Å². The molecule has 102 valence electrons. The molecule has 1 aromatic rings. The maximum Gasteiger partial charge on any atom is 0.323 e. The lowest BCUT2D eigenvalue weighted by Crippen LogP contribution is -2.39. The monoisotopic (exact) mass is 283 g/mol. The standard InChI is InChI=1S/C11H13N3O4S/c1-3-18-11(15)8(2)14-19(16,17)10-5-4-6-13-9(10)7-12/h4-6,8,14H,3H2,1-2H3. The zero-order valence-corrected chi connectivity index (χ0v) is 11.3. The third-order valence-corrected chi connectivity index (χ3v) is 3.71. The van der Waals surface area contributed by atoms with Gasteiger partial charge in [0.25, 0.3) is 0 Å². The third kappa shape index (κ3) is 3.74. The lowest BCUT2D eigenvalue weighted by Gasteiger charge is -2.13. The summed E-state index contributed by atoms with van der Waals surface area (Å²) in [6, 6.07) is 3.27. The molecule has 0 aliphatic heterocycles. The summed E-state index contributed by atoms with van der Waals surface area (Å²) in [7, 11) is -4.00. The molecule has 0 amide bonds. The van der Waals surface area contributed by atoms with Crippen LogP contribution < -0.4 is 4.72 Å². The Morgan fingerprint density at radius 2 is 2.32 bits per heavy atom. The number of esters is 1. The number of hydrogen-bond donors (Lipinski definition) is 1. The molecule has 1 heterocycles. The number of pyridine rings is 1. The minimum atomic E-state index is -4.00. The van der Waals surface area contributed by atoms with Crippen molar-refractivity contribution >= 4 is 16.0 Å². The summed E-state index contributed by atoms with van der Waals surface area (Å²) >= 11 is 0. The van der Waals surface area contributed by atoms with E-state index in [1.54, 1.807) is 13.0 Å². The topological polar surface area (TPSA) is 109 Å². The van der Waals surface area contributed by atoms with Crippen molar-refractivity contribution in [3.8, 4) is 6.07 Å². The summed E-state index contributed by atoms with van der Waals surface area (Å²) < 4.78 is 30.9. The molecule has 0 aliphatic carbocycles. The molecule has 0 radical (unpaired) electrons. The highest BCUT2D eigenvalue weighted by Crippen LogP contribution is 2.12. The number of hydrogen-bond acceptors (Lipinski definition) is 6. The molecule has 0 spiro atoms. The Hall–Kier alpha value is -1.98. The molecule has 0 bridgehead atoms. The smallest absolute Gasteiger partial charge is 0.323 e. The number of nitrogens with one attached hydrogen (secondary N) is 1. The van der Waals surface area contributed by atoms with Gasteiger partial charge in [-0.3, -0.25) is 4.79 Å². The fourth-order valence-electron chi connectivity index (χ4n) is 1.30. The van der Waals surface area contributed by atoms with Crippen molar-refractivity contribution in [2.45, 2.75) is 24.8 Å².